The molecule has 2 rings (SSSR count). The molecule has 0 aliphatic rings. The Bertz CT molecular complexity index is 532. The van der Waals surface area contributed by atoms with Gasteiger partial charge in [0.25, 0.3) is 5.91 Å². The molecule has 0 saturated carbocycles. The number of anilines is 1. The molecule has 0 aliphatic carbocycles. The van der Waals surface area contributed by atoms with Crippen molar-refractivity contribution in [1.29, 1.82) is 0 Å². The van der Waals surface area contributed by atoms with E-state index in [-0.39, 0.29) is 5.91 Å². The fourth-order valence-corrected chi connectivity index (χ4v) is 1.49. The number of amides is 1. The van der Waals surface area contributed by atoms with E-state index < -0.39 is 0 Å². The van der Waals surface area contributed by atoms with Crippen LogP contribution in [0.5, 0.6) is 0 Å². The molecule has 0 bridgehead atoms. The molecule has 1 amide bonds. The molecule has 0 aromatic carbocycles. The Morgan fingerprint density at radius 3 is 2.88 bits per heavy atom. The van der Waals surface area contributed by atoms with E-state index in [1.807, 2.05) is 26.0 Å². The quantitative estimate of drug-likeness (QED) is 0.882. The first-order valence-electron chi connectivity index (χ1n) is 5.52. The zero-order valence-corrected chi connectivity index (χ0v) is 9.86. The summed E-state index contributed by atoms with van der Waals surface area (Å²) in [4.78, 5) is 16.0. The number of aromatic nitrogens is 1. The highest BCUT2D eigenvalue weighted by molar-refractivity contribution is 6.02. The van der Waals surface area contributed by atoms with Crippen molar-refractivity contribution in [3.8, 4) is 0 Å². The fraction of sp³-hybridized carbons (Fsp3) is 0.231. The van der Waals surface area contributed by atoms with E-state index in [9.17, 15) is 4.79 Å². The first kappa shape index (κ1) is 11.4. The number of furan rings is 1. The Morgan fingerprint density at radius 2 is 2.24 bits per heavy atom. The minimum Gasteiger partial charge on any atom is -0.456 e. The summed E-state index contributed by atoms with van der Waals surface area (Å²) in [7, 11) is 0. The van der Waals surface area contributed by atoms with Gasteiger partial charge in [0.05, 0.1) is 11.4 Å². The Balaban J connectivity index is 2.14. The number of nitrogens with one attached hydrogen (secondary N) is 1. The van der Waals surface area contributed by atoms with Crippen molar-refractivity contribution >= 4 is 11.6 Å². The lowest BCUT2D eigenvalue weighted by atomic mass is 10.3. The van der Waals surface area contributed by atoms with E-state index in [0.29, 0.717) is 11.4 Å². The van der Waals surface area contributed by atoms with Crippen LogP contribution < -0.4 is 5.32 Å². The Labute approximate surface area is 99.7 Å². The molecule has 88 valence electrons. The minimum atomic E-state index is -0.249. The molecule has 4 heteroatoms. The summed E-state index contributed by atoms with van der Waals surface area (Å²) in [5.74, 6) is 0.879. The van der Waals surface area contributed by atoms with Crippen LogP contribution in [0.15, 0.2) is 34.9 Å². The molecule has 0 unspecified atom stereocenters. The average molecular weight is 230 g/mol. The van der Waals surface area contributed by atoms with Crippen LogP contribution in [-0.2, 0) is 6.42 Å². The van der Waals surface area contributed by atoms with Crippen molar-refractivity contribution < 1.29 is 9.21 Å². The van der Waals surface area contributed by atoms with E-state index in [4.69, 9.17) is 4.42 Å². The van der Waals surface area contributed by atoms with Crippen LogP contribution in [-0.4, -0.2) is 10.9 Å². The predicted molar refractivity (Wildman–Crippen MR) is 65.0 cm³/mol. The van der Waals surface area contributed by atoms with Gasteiger partial charge < -0.3 is 9.73 Å². The van der Waals surface area contributed by atoms with Crippen molar-refractivity contribution in [3.05, 3.63) is 47.7 Å². The number of rotatable bonds is 3. The predicted octanol–water partition coefficient (Wildman–Crippen LogP) is 2.80. The minimum absolute atomic E-state index is 0.249. The van der Waals surface area contributed by atoms with Gasteiger partial charge in [0.2, 0.25) is 0 Å². The van der Waals surface area contributed by atoms with Crippen molar-refractivity contribution in [3.63, 3.8) is 0 Å². The molecular formula is C13H14N2O2. The molecule has 0 atom stereocenters. The number of hydrogen-bond donors (Lipinski definition) is 1. The molecule has 2 aromatic heterocycles. The van der Waals surface area contributed by atoms with Crippen molar-refractivity contribution in [2.24, 2.45) is 0 Å². The summed E-state index contributed by atoms with van der Waals surface area (Å²) < 4.78 is 5.37. The number of hydrogen-bond acceptors (Lipinski definition) is 3. The van der Waals surface area contributed by atoms with Crippen LogP contribution in [0, 0.1) is 6.92 Å². The molecule has 2 heterocycles. The third-order valence-corrected chi connectivity index (χ3v) is 2.49. The monoisotopic (exact) mass is 230 g/mol. The summed E-state index contributed by atoms with van der Waals surface area (Å²) in [6.45, 7) is 3.82. The van der Waals surface area contributed by atoms with Crippen LogP contribution in [0.1, 0.15) is 28.9 Å². The van der Waals surface area contributed by atoms with Gasteiger partial charge in [0, 0.05) is 12.6 Å². The van der Waals surface area contributed by atoms with E-state index >= 15 is 0 Å². The molecule has 0 spiro atoms. The highest BCUT2D eigenvalue weighted by Crippen LogP contribution is 2.14. The summed E-state index contributed by atoms with van der Waals surface area (Å²) >= 11 is 0. The van der Waals surface area contributed by atoms with Gasteiger partial charge in [-0.3, -0.25) is 9.78 Å². The maximum absolute atomic E-state index is 11.9. The van der Waals surface area contributed by atoms with Gasteiger partial charge in [0.15, 0.2) is 5.76 Å². The van der Waals surface area contributed by atoms with Crippen LogP contribution in [0.2, 0.25) is 0 Å². The van der Waals surface area contributed by atoms with E-state index in [2.05, 4.69) is 10.3 Å². The Morgan fingerprint density at radius 1 is 1.41 bits per heavy atom. The average Bonchev–Trinajstić information content (AvgIpc) is 2.81. The maximum atomic E-state index is 11.9. The van der Waals surface area contributed by atoms with Crippen molar-refractivity contribution in [1.82, 2.24) is 4.98 Å². The van der Waals surface area contributed by atoms with E-state index in [0.717, 1.165) is 17.9 Å². The van der Waals surface area contributed by atoms with Crippen LogP contribution >= 0.6 is 0 Å². The van der Waals surface area contributed by atoms with Crippen LogP contribution in [0.25, 0.3) is 0 Å². The third-order valence-electron chi connectivity index (χ3n) is 2.49. The molecular weight excluding hydrogens is 216 g/mol. The lowest BCUT2D eigenvalue weighted by molar-refractivity contribution is 0.0995. The topological polar surface area (TPSA) is 55.1 Å². The number of carbonyl (C=O) groups excluding carboxylic acids is 1. The first-order chi connectivity index (χ1) is 8.20. The summed E-state index contributed by atoms with van der Waals surface area (Å²) in [5.41, 5.74) is 1.48. The standard InChI is InChI=1S/C13H14N2O2/c1-3-10-6-7-12(17-10)13(16)15-11-5-4-8-14-9(11)2/h4-8H,3H2,1-2H3,(H,15,16). The van der Waals surface area contributed by atoms with E-state index in [1.54, 1.807) is 18.3 Å². The van der Waals surface area contributed by atoms with Crippen molar-refractivity contribution in [2.75, 3.05) is 5.32 Å². The van der Waals surface area contributed by atoms with Gasteiger partial charge in [-0.05, 0) is 31.2 Å². The van der Waals surface area contributed by atoms with Gasteiger partial charge in [-0.2, -0.15) is 0 Å². The Kier molecular flexibility index (Phi) is 3.23. The second kappa shape index (κ2) is 4.82. The fourth-order valence-electron chi connectivity index (χ4n) is 1.49. The first-order valence-corrected chi connectivity index (χ1v) is 5.52. The second-order valence-electron chi connectivity index (χ2n) is 3.71. The number of aryl methyl sites for hydroxylation is 2. The number of nitrogens with zero attached hydrogens (tertiary/aromatic N) is 1. The maximum Gasteiger partial charge on any atom is 0.291 e. The number of carbonyl (C=O) groups is 1. The number of pyridine rings is 1. The largest absolute Gasteiger partial charge is 0.456 e. The van der Waals surface area contributed by atoms with Gasteiger partial charge in [-0.1, -0.05) is 6.92 Å². The molecule has 0 fully saturated rings. The van der Waals surface area contributed by atoms with Crippen LogP contribution in [0.3, 0.4) is 0 Å². The van der Waals surface area contributed by atoms with Gasteiger partial charge in [-0.15, -0.1) is 0 Å². The smallest absolute Gasteiger partial charge is 0.291 e. The zero-order valence-electron chi connectivity index (χ0n) is 9.86. The van der Waals surface area contributed by atoms with Crippen molar-refractivity contribution in [2.45, 2.75) is 20.3 Å². The summed E-state index contributed by atoms with van der Waals surface area (Å²) in [5, 5.41) is 2.77. The zero-order chi connectivity index (χ0) is 12.3. The highest BCUT2D eigenvalue weighted by Gasteiger charge is 2.11. The van der Waals surface area contributed by atoms with E-state index in [1.165, 1.54) is 0 Å². The van der Waals surface area contributed by atoms with Gasteiger partial charge in [-0.25, -0.2) is 0 Å². The second-order valence-corrected chi connectivity index (χ2v) is 3.71. The molecule has 4 nitrogen and oxygen atoms in total. The highest BCUT2D eigenvalue weighted by atomic mass is 16.3. The lowest BCUT2D eigenvalue weighted by Crippen LogP contribution is -2.12. The molecule has 0 aliphatic heterocycles. The molecule has 1 N–H and O–H groups in total. The van der Waals surface area contributed by atoms with Gasteiger partial charge in [0.1, 0.15) is 5.76 Å². The van der Waals surface area contributed by atoms with Gasteiger partial charge >= 0.3 is 0 Å². The SMILES string of the molecule is CCc1ccc(C(=O)Nc2cccnc2C)o1. The summed E-state index contributed by atoms with van der Waals surface area (Å²) in [6.07, 6.45) is 2.46. The summed E-state index contributed by atoms with van der Waals surface area (Å²) in [6, 6.07) is 7.08. The normalized spacial score (nSPS) is 10.2. The molecule has 0 saturated heterocycles. The lowest BCUT2D eigenvalue weighted by Gasteiger charge is -2.05. The molecule has 17 heavy (non-hydrogen) atoms. The third kappa shape index (κ3) is 2.53. The molecule has 2 aromatic rings. The van der Waals surface area contributed by atoms with Crippen LogP contribution in [0.4, 0.5) is 5.69 Å². The Hall–Kier alpha value is -2.10. The molecule has 0 radical (unpaired) electrons.